The summed E-state index contributed by atoms with van der Waals surface area (Å²) in [5, 5.41) is 9.66. The van der Waals surface area contributed by atoms with Crippen LogP contribution in [0.4, 0.5) is 0 Å². The maximum atomic E-state index is 11.5. The number of imide groups is 2. The van der Waals surface area contributed by atoms with E-state index in [1.807, 2.05) is 0 Å². The molecule has 0 atom stereocenters. The summed E-state index contributed by atoms with van der Waals surface area (Å²) < 4.78 is 0. The van der Waals surface area contributed by atoms with E-state index >= 15 is 0 Å². The molecule has 0 spiro atoms. The normalized spacial score (nSPS) is 18.5. The first-order valence-electron chi connectivity index (χ1n) is 6.14. The van der Waals surface area contributed by atoms with E-state index < -0.39 is 41.7 Å². The van der Waals surface area contributed by atoms with Crippen LogP contribution >= 0.6 is 0 Å². The van der Waals surface area contributed by atoms with Gasteiger partial charge in [0.2, 0.25) is 0 Å². The molecule has 1 N–H and O–H groups in total. The van der Waals surface area contributed by atoms with Crippen molar-refractivity contribution in [1.29, 1.82) is 0 Å². The van der Waals surface area contributed by atoms with Crippen LogP contribution in [0.15, 0.2) is 0 Å². The zero-order valence-corrected chi connectivity index (χ0v) is 11.0. The number of carbonyl (C=O) groups excluding carboxylic acids is 6. The topological polar surface area (TPSA) is 148 Å². The third-order valence-corrected chi connectivity index (χ3v) is 2.82. The fourth-order valence-electron chi connectivity index (χ4n) is 1.69. The summed E-state index contributed by atoms with van der Waals surface area (Å²) in [7, 11) is 0. The quantitative estimate of drug-likeness (QED) is 0.441. The Morgan fingerprint density at radius 2 is 1.05 bits per heavy atom. The molecule has 2 heterocycles. The first-order chi connectivity index (χ1) is 10.3. The van der Waals surface area contributed by atoms with Crippen LogP contribution in [0.1, 0.15) is 25.7 Å². The lowest BCUT2D eigenvalue weighted by Crippen LogP contribution is -2.43. The van der Waals surface area contributed by atoms with Crippen LogP contribution in [0.2, 0.25) is 0 Å². The Balaban J connectivity index is 1.94. The van der Waals surface area contributed by atoms with Gasteiger partial charge in [0, 0.05) is 25.7 Å². The third-order valence-electron chi connectivity index (χ3n) is 2.82. The Bertz CT molecular complexity index is 502. The van der Waals surface area contributed by atoms with Gasteiger partial charge in [0.15, 0.2) is 0 Å². The monoisotopic (exact) mass is 314 g/mol. The Morgan fingerprint density at radius 1 is 0.773 bits per heavy atom. The van der Waals surface area contributed by atoms with Gasteiger partial charge in [0.1, 0.15) is 0 Å². The summed E-state index contributed by atoms with van der Waals surface area (Å²) in [6.07, 6.45) is -3.18. The van der Waals surface area contributed by atoms with Gasteiger partial charge in [-0.15, -0.1) is 10.1 Å². The minimum Gasteiger partial charge on any atom is -0.372 e. The van der Waals surface area contributed by atoms with Gasteiger partial charge in [-0.2, -0.15) is 0 Å². The average molecular weight is 314 g/mol. The van der Waals surface area contributed by atoms with Crippen molar-refractivity contribution in [1.82, 2.24) is 10.1 Å². The van der Waals surface area contributed by atoms with Crippen molar-refractivity contribution < 1.29 is 43.5 Å². The van der Waals surface area contributed by atoms with Crippen molar-refractivity contribution in [2.24, 2.45) is 0 Å². The van der Waals surface area contributed by atoms with E-state index in [9.17, 15) is 33.9 Å². The van der Waals surface area contributed by atoms with Crippen molar-refractivity contribution in [2.75, 3.05) is 0 Å². The average Bonchev–Trinajstić information content (AvgIpc) is 2.96. The van der Waals surface area contributed by atoms with Gasteiger partial charge in [-0.25, -0.2) is 9.59 Å². The number of amides is 4. The zero-order chi connectivity index (χ0) is 16.4. The first kappa shape index (κ1) is 15.6. The standard InChI is InChI=1S/C11H10N2O9/c14-5-1-2-6(15)12(5)21-10(19)9(18)11(20)22-13-7(16)3-4-8(13)17/h9,18H,1-4H2. The second-order valence-corrected chi connectivity index (χ2v) is 4.39. The van der Waals surface area contributed by atoms with Crippen LogP contribution in [0.25, 0.3) is 0 Å². The molecule has 0 aromatic carbocycles. The molecule has 2 aliphatic heterocycles. The lowest BCUT2D eigenvalue weighted by molar-refractivity contribution is -0.215. The van der Waals surface area contributed by atoms with E-state index in [1.165, 1.54) is 0 Å². The predicted molar refractivity (Wildman–Crippen MR) is 60.4 cm³/mol. The van der Waals surface area contributed by atoms with E-state index in [-0.39, 0.29) is 35.8 Å². The highest BCUT2D eigenvalue weighted by Gasteiger charge is 2.40. The van der Waals surface area contributed by atoms with Gasteiger partial charge in [0.25, 0.3) is 29.7 Å². The maximum Gasteiger partial charge on any atom is 0.373 e. The molecule has 4 amide bonds. The Labute approximate surface area is 122 Å². The number of aliphatic hydroxyl groups is 1. The number of nitrogens with zero attached hydrogens (tertiary/aromatic N) is 2. The minimum atomic E-state index is -2.53. The molecular weight excluding hydrogens is 304 g/mol. The Kier molecular flexibility index (Phi) is 4.17. The van der Waals surface area contributed by atoms with Gasteiger partial charge < -0.3 is 14.8 Å². The van der Waals surface area contributed by atoms with E-state index in [0.717, 1.165) is 0 Å². The molecule has 0 aliphatic carbocycles. The molecule has 0 aromatic rings. The summed E-state index contributed by atoms with van der Waals surface area (Å²) in [5.74, 6) is -6.50. The van der Waals surface area contributed by atoms with Crippen LogP contribution in [0.5, 0.6) is 0 Å². The van der Waals surface area contributed by atoms with E-state index in [4.69, 9.17) is 0 Å². The predicted octanol–water partition coefficient (Wildman–Crippen LogP) is -2.44. The van der Waals surface area contributed by atoms with Crippen molar-refractivity contribution in [3.63, 3.8) is 0 Å². The molecule has 0 radical (unpaired) electrons. The van der Waals surface area contributed by atoms with Crippen LogP contribution in [-0.4, -0.2) is 56.9 Å². The summed E-state index contributed by atoms with van der Waals surface area (Å²) in [5.41, 5.74) is 0. The zero-order valence-electron chi connectivity index (χ0n) is 11.0. The Morgan fingerprint density at radius 3 is 1.32 bits per heavy atom. The molecule has 2 aliphatic rings. The molecule has 2 rings (SSSR count). The van der Waals surface area contributed by atoms with Crippen LogP contribution in [-0.2, 0) is 38.4 Å². The molecule has 11 heteroatoms. The number of hydrogen-bond acceptors (Lipinski definition) is 9. The molecule has 2 fully saturated rings. The number of carbonyl (C=O) groups is 6. The third kappa shape index (κ3) is 2.93. The van der Waals surface area contributed by atoms with Crippen LogP contribution < -0.4 is 0 Å². The van der Waals surface area contributed by atoms with E-state index in [2.05, 4.69) is 9.68 Å². The molecule has 22 heavy (non-hydrogen) atoms. The van der Waals surface area contributed by atoms with Gasteiger partial charge in [-0.3, -0.25) is 19.2 Å². The van der Waals surface area contributed by atoms with Crippen LogP contribution in [0, 0.1) is 0 Å². The van der Waals surface area contributed by atoms with Crippen molar-refractivity contribution in [3.05, 3.63) is 0 Å². The summed E-state index contributed by atoms with van der Waals surface area (Å²) >= 11 is 0. The van der Waals surface area contributed by atoms with Crippen molar-refractivity contribution in [2.45, 2.75) is 31.8 Å². The molecule has 11 nitrogen and oxygen atoms in total. The maximum absolute atomic E-state index is 11.5. The fourth-order valence-corrected chi connectivity index (χ4v) is 1.69. The number of hydroxylamine groups is 4. The SMILES string of the molecule is O=C(ON1C(=O)CCC1=O)C(O)C(=O)ON1C(=O)CCC1=O. The summed E-state index contributed by atoms with van der Waals surface area (Å²) in [6, 6.07) is 0. The second kappa shape index (κ2) is 5.89. The second-order valence-electron chi connectivity index (χ2n) is 4.39. The molecule has 0 bridgehead atoms. The van der Waals surface area contributed by atoms with E-state index in [1.54, 1.807) is 0 Å². The van der Waals surface area contributed by atoms with Gasteiger partial charge in [0.05, 0.1) is 0 Å². The number of rotatable bonds is 4. The van der Waals surface area contributed by atoms with Gasteiger partial charge in [-0.05, 0) is 0 Å². The van der Waals surface area contributed by atoms with Crippen LogP contribution in [0.3, 0.4) is 0 Å². The largest absolute Gasteiger partial charge is 0.373 e. The molecule has 2 saturated heterocycles. The molecule has 118 valence electrons. The highest BCUT2D eigenvalue weighted by Crippen LogP contribution is 2.15. The molecular formula is C11H10N2O9. The van der Waals surface area contributed by atoms with Crippen molar-refractivity contribution >= 4 is 35.6 Å². The van der Waals surface area contributed by atoms with E-state index in [0.29, 0.717) is 0 Å². The number of aliphatic hydroxyl groups excluding tert-OH is 1. The summed E-state index contributed by atoms with van der Waals surface area (Å²) in [6.45, 7) is 0. The van der Waals surface area contributed by atoms with Gasteiger partial charge >= 0.3 is 11.9 Å². The highest BCUT2D eigenvalue weighted by atomic mass is 16.7. The highest BCUT2D eigenvalue weighted by molar-refractivity contribution is 6.05. The molecule has 0 aromatic heterocycles. The minimum absolute atomic E-state index is 0.130. The lowest BCUT2D eigenvalue weighted by Gasteiger charge is -2.17. The fraction of sp³-hybridized carbons (Fsp3) is 0.455. The first-order valence-corrected chi connectivity index (χ1v) is 6.14. The smallest absolute Gasteiger partial charge is 0.372 e. The van der Waals surface area contributed by atoms with Crippen molar-refractivity contribution in [3.8, 4) is 0 Å². The number of hydrogen-bond donors (Lipinski definition) is 1. The molecule has 0 saturated carbocycles. The summed E-state index contributed by atoms with van der Waals surface area (Å²) in [4.78, 5) is 76.3. The molecule has 0 unspecified atom stereocenters. The Hall–Kier alpha value is -2.82. The lowest BCUT2D eigenvalue weighted by atomic mass is 10.4. The van der Waals surface area contributed by atoms with Gasteiger partial charge in [-0.1, -0.05) is 0 Å².